The van der Waals surface area contributed by atoms with Gasteiger partial charge in [0.1, 0.15) is 0 Å². The lowest BCUT2D eigenvalue weighted by molar-refractivity contribution is 0.0698. The summed E-state index contributed by atoms with van der Waals surface area (Å²) in [6.07, 6.45) is 2.22. The molecule has 2 N–H and O–H groups in total. The van der Waals surface area contributed by atoms with Crippen molar-refractivity contribution >= 4 is 16.8 Å². The second kappa shape index (κ2) is 5.53. The normalized spacial score (nSPS) is 19.2. The van der Waals surface area contributed by atoms with Crippen LogP contribution < -0.4 is 5.32 Å². The monoisotopic (exact) mass is 285 g/mol. The number of fused-ring (bicyclic) bond motifs is 1. The topological polar surface area (TPSA) is 48.1 Å². The van der Waals surface area contributed by atoms with Crippen LogP contribution in [-0.4, -0.2) is 42.0 Å². The minimum absolute atomic E-state index is 0.148. The van der Waals surface area contributed by atoms with Crippen molar-refractivity contribution < 1.29 is 4.79 Å². The second-order valence-corrected chi connectivity index (χ2v) is 6.01. The minimum Gasteiger partial charge on any atom is -0.358 e. The van der Waals surface area contributed by atoms with Gasteiger partial charge in [-0.1, -0.05) is 0 Å². The Morgan fingerprint density at radius 1 is 1.38 bits per heavy atom. The lowest BCUT2D eigenvalue weighted by Crippen LogP contribution is -2.46. The number of aromatic nitrogens is 1. The van der Waals surface area contributed by atoms with E-state index in [0.717, 1.165) is 42.4 Å². The maximum atomic E-state index is 12.7. The van der Waals surface area contributed by atoms with Crippen molar-refractivity contribution in [2.75, 3.05) is 20.1 Å². The molecule has 1 fully saturated rings. The molecule has 0 radical (unpaired) electrons. The number of carbonyl (C=O) groups excluding carboxylic acids is 1. The molecule has 0 aliphatic carbocycles. The first-order valence-electron chi connectivity index (χ1n) is 7.65. The number of carbonyl (C=O) groups is 1. The van der Waals surface area contributed by atoms with E-state index in [-0.39, 0.29) is 5.91 Å². The Bertz CT molecular complexity index is 674. The SMILES string of the molecule is CNC1CCCN(C(=O)c2ccc3[nH]c(C)c(C)c3c2)C1. The van der Waals surface area contributed by atoms with Gasteiger partial charge in [0.05, 0.1) is 0 Å². The molecule has 112 valence electrons. The number of likely N-dealkylation sites (tertiary alicyclic amines) is 1. The molecular weight excluding hydrogens is 262 g/mol. The molecule has 1 aliphatic rings. The fourth-order valence-electron chi connectivity index (χ4n) is 3.17. The van der Waals surface area contributed by atoms with E-state index in [4.69, 9.17) is 0 Å². The number of benzene rings is 1. The van der Waals surface area contributed by atoms with E-state index in [9.17, 15) is 4.79 Å². The maximum absolute atomic E-state index is 12.7. The van der Waals surface area contributed by atoms with Crippen molar-refractivity contribution in [3.8, 4) is 0 Å². The molecule has 1 atom stereocenters. The molecule has 0 saturated carbocycles. The van der Waals surface area contributed by atoms with E-state index in [2.05, 4.69) is 24.1 Å². The third kappa shape index (κ3) is 2.56. The number of hydrogen-bond acceptors (Lipinski definition) is 2. The van der Waals surface area contributed by atoms with Crippen LogP contribution in [0, 0.1) is 13.8 Å². The molecule has 21 heavy (non-hydrogen) atoms. The Morgan fingerprint density at radius 3 is 2.95 bits per heavy atom. The number of piperidine rings is 1. The molecule has 1 amide bonds. The van der Waals surface area contributed by atoms with Gasteiger partial charge in [0.15, 0.2) is 0 Å². The summed E-state index contributed by atoms with van der Waals surface area (Å²) < 4.78 is 0. The molecule has 1 unspecified atom stereocenters. The summed E-state index contributed by atoms with van der Waals surface area (Å²) in [6.45, 7) is 5.83. The highest BCUT2D eigenvalue weighted by molar-refractivity contribution is 5.99. The van der Waals surface area contributed by atoms with Gasteiger partial charge in [-0.3, -0.25) is 4.79 Å². The predicted octanol–water partition coefficient (Wildman–Crippen LogP) is 2.61. The summed E-state index contributed by atoms with van der Waals surface area (Å²) in [5, 5.41) is 4.44. The fraction of sp³-hybridized carbons (Fsp3) is 0.471. The Hall–Kier alpha value is -1.81. The number of likely N-dealkylation sites (N-methyl/N-ethyl adjacent to an activating group) is 1. The summed E-state index contributed by atoms with van der Waals surface area (Å²) in [6, 6.07) is 6.40. The molecule has 4 heteroatoms. The summed E-state index contributed by atoms with van der Waals surface area (Å²) in [5.41, 5.74) is 4.30. The maximum Gasteiger partial charge on any atom is 0.253 e. The smallest absolute Gasteiger partial charge is 0.253 e. The van der Waals surface area contributed by atoms with Crippen LogP contribution >= 0.6 is 0 Å². The van der Waals surface area contributed by atoms with Crippen molar-refractivity contribution in [1.82, 2.24) is 15.2 Å². The number of H-pyrrole nitrogens is 1. The fourth-order valence-corrected chi connectivity index (χ4v) is 3.17. The summed E-state index contributed by atoms with van der Waals surface area (Å²) in [4.78, 5) is 18.0. The van der Waals surface area contributed by atoms with Crippen LogP contribution in [0.2, 0.25) is 0 Å². The molecule has 0 bridgehead atoms. The average Bonchev–Trinajstić information content (AvgIpc) is 2.81. The molecule has 1 aliphatic heterocycles. The van der Waals surface area contributed by atoms with E-state index in [0.29, 0.717) is 6.04 Å². The number of amides is 1. The minimum atomic E-state index is 0.148. The number of hydrogen-bond donors (Lipinski definition) is 2. The lowest BCUT2D eigenvalue weighted by atomic mass is 10.0. The highest BCUT2D eigenvalue weighted by atomic mass is 16.2. The molecule has 4 nitrogen and oxygen atoms in total. The zero-order chi connectivity index (χ0) is 15.0. The highest BCUT2D eigenvalue weighted by Gasteiger charge is 2.23. The van der Waals surface area contributed by atoms with Gasteiger partial charge in [0.25, 0.3) is 5.91 Å². The lowest BCUT2D eigenvalue weighted by Gasteiger charge is -2.32. The Kier molecular flexibility index (Phi) is 3.72. The Morgan fingerprint density at radius 2 is 2.19 bits per heavy atom. The molecule has 3 rings (SSSR count). The van der Waals surface area contributed by atoms with Crippen LogP contribution in [0.25, 0.3) is 10.9 Å². The zero-order valence-corrected chi connectivity index (χ0v) is 13.0. The standard InChI is InChI=1S/C17H23N3O/c1-11-12(2)19-16-7-6-13(9-15(11)16)17(21)20-8-4-5-14(10-20)18-3/h6-7,9,14,18-19H,4-5,8,10H2,1-3H3. The van der Waals surface area contributed by atoms with Crippen LogP contribution in [0.5, 0.6) is 0 Å². The van der Waals surface area contributed by atoms with Gasteiger partial charge in [-0.05, 0) is 57.5 Å². The molecule has 1 saturated heterocycles. The van der Waals surface area contributed by atoms with E-state index in [1.165, 1.54) is 11.3 Å². The first kappa shape index (κ1) is 14.1. The Balaban J connectivity index is 1.89. The summed E-state index contributed by atoms with van der Waals surface area (Å²) in [5.74, 6) is 0.148. The van der Waals surface area contributed by atoms with Crippen molar-refractivity contribution in [2.45, 2.75) is 32.7 Å². The van der Waals surface area contributed by atoms with Crippen molar-refractivity contribution in [3.05, 3.63) is 35.0 Å². The van der Waals surface area contributed by atoms with Gasteiger partial charge >= 0.3 is 0 Å². The summed E-state index contributed by atoms with van der Waals surface area (Å²) >= 11 is 0. The van der Waals surface area contributed by atoms with Gasteiger partial charge in [-0.25, -0.2) is 0 Å². The van der Waals surface area contributed by atoms with Crippen LogP contribution in [0.15, 0.2) is 18.2 Å². The Labute approximate surface area is 125 Å². The van der Waals surface area contributed by atoms with Gasteiger partial charge in [0.2, 0.25) is 0 Å². The zero-order valence-electron chi connectivity index (χ0n) is 13.0. The largest absolute Gasteiger partial charge is 0.358 e. The summed E-state index contributed by atoms with van der Waals surface area (Å²) in [7, 11) is 1.97. The van der Waals surface area contributed by atoms with Gasteiger partial charge in [-0.15, -0.1) is 0 Å². The molecule has 2 aromatic rings. The predicted molar refractivity (Wildman–Crippen MR) is 85.8 cm³/mol. The second-order valence-electron chi connectivity index (χ2n) is 6.01. The highest BCUT2D eigenvalue weighted by Crippen LogP contribution is 2.23. The quantitative estimate of drug-likeness (QED) is 0.891. The number of nitrogens with one attached hydrogen (secondary N) is 2. The van der Waals surface area contributed by atoms with Crippen LogP contribution in [-0.2, 0) is 0 Å². The van der Waals surface area contributed by atoms with Gasteiger partial charge in [-0.2, -0.15) is 0 Å². The van der Waals surface area contributed by atoms with E-state index in [1.54, 1.807) is 0 Å². The molecule has 1 aromatic carbocycles. The first-order chi connectivity index (χ1) is 10.1. The van der Waals surface area contributed by atoms with E-state index in [1.807, 2.05) is 30.1 Å². The molecule has 1 aromatic heterocycles. The van der Waals surface area contributed by atoms with Crippen LogP contribution in [0.3, 0.4) is 0 Å². The van der Waals surface area contributed by atoms with Crippen LogP contribution in [0.1, 0.15) is 34.5 Å². The third-order valence-corrected chi connectivity index (χ3v) is 4.67. The van der Waals surface area contributed by atoms with Crippen molar-refractivity contribution in [3.63, 3.8) is 0 Å². The van der Waals surface area contributed by atoms with Gasteiger partial charge in [0, 0.05) is 41.3 Å². The van der Waals surface area contributed by atoms with E-state index >= 15 is 0 Å². The number of aromatic amines is 1. The van der Waals surface area contributed by atoms with Crippen LogP contribution in [0.4, 0.5) is 0 Å². The van der Waals surface area contributed by atoms with Gasteiger partial charge < -0.3 is 15.2 Å². The number of aryl methyl sites for hydroxylation is 2. The van der Waals surface area contributed by atoms with Crippen molar-refractivity contribution in [2.24, 2.45) is 0 Å². The number of nitrogens with zero attached hydrogens (tertiary/aromatic N) is 1. The molecule has 2 heterocycles. The van der Waals surface area contributed by atoms with E-state index < -0.39 is 0 Å². The number of rotatable bonds is 2. The average molecular weight is 285 g/mol. The first-order valence-corrected chi connectivity index (χ1v) is 7.65. The molecule has 0 spiro atoms. The third-order valence-electron chi connectivity index (χ3n) is 4.67. The van der Waals surface area contributed by atoms with Crippen molar-refractivity contribution in [1.29, 1.82) is 0 Å². The molecular formula is C17H23N3O.